The van der Waals surface area contributed by atoms with Crippen molar-refractivity contribution in [2.45, 2.75) is 78.1 Å². The molecule has 0 spiro atoms. The lowest BCUT2D eigenvalue weighted by Gasteiger charge is -2.49. The molecule has 2 N–H and O–H groups in total. The van der Waals surface area contributed by atoms with Gasteiger partial charge >= 0.3 is 0 Å². The molecular weight excluding hydrogens is 236 g/mol. The van der Waals surface area contributed by atoms with Crippen LogP contribution in [0.15, 0.2) is 0 Å². The monoisotopic (exact) mass is 268 g/mol. The van der Waals surface area contributed by atoms with E-state index in [0.29, 0.717) is 29.6 Å². The highest BCUT2D eigenvalue weighted by Gasteiger charge is 2.39. The van der Waals surface area contributed by atoms with Gasteiger partial charge in [-0.15, -0.1) is 0 Å². The van der Waals surface area contributed by atoms with Gasteiger partial charge in [0.05, 0.1) is 12.7 Å². The number of morpholine rings is 1. The Morgan fingerprint density at radius 1 is 1.16 bits per heavy atom. The molecule has 1 saturated carbocycles. The van der Waals surface area contributed by atoms with Gasteiger partial charge in [-0.2, -0.15) is 0 Å². The third-order valence-corrected chi connectivity index (χ3v) is 5.18. The van der Waals surface area contributed by atoms with Gasteiger partial charge in [0, 0.05) is 24.7 Å². The van der Waals surface area contributed by atoms with Crippen molar-refractivity contribution < 1.29 is 4.74 Å². The molecule has 3 heteroatoms. The van der Waals surface area contributed by atoms with Gasteiger partial charge in [-0.05, 0) is 44.4 Å². The number of rotatable bonds is 1. The van der Waals surface area contributed by atoms with Crippen LogP contribution in [0.4, 0.5) is 0 Å². The molecule has 1 heterocycles. The number of hydrogen-bond acceptors (Lipinski definition) is 3. The SMILES string of the molecule is CC1CN(C2CC(C(C)(C)C)CCC2N)C(C)CO1. The van der Waals surface area contributed by atoms with Crippen molar-refractivity contribution >= 4 is 0 Å². The number of ether oxygens (including phenoxy) is 1. The average Bonchev–Trinajstić information content (AvgIpc) is 2.32. The fourth-order valence-corrected chi connectivity index (χ4v) is 3.73. The number of hydrogen-bond donors (Lipinski definition) is 1. The summed E-state index contributed by atoms with van der Waals surface area (Å²) >= 11 is 0. The van der Waals surface area contributed by atoms with E-state index in [4.69, 9.17) is 10.5 Å². The van der Waals surface area contributed by atoms with Crippen LogP contribution >= 0.6 is 0 Å². The first-order valence-electron chi connectivity index (χ1n) is 7.92. The third-order valence-electron chi connectivity index (χ3n) is 5.18. The van der Waals surface area contributed by atoms with Crippen LogP contribution < -0.4 is 5.73 Å². The molecule has 2 rings (SSSR count). The molecular formula is C16H32N2O. The zero-order valence-electron chi connectivity index (χ0n) is 13.4. The Morgan fingerprint density at radius 3 is 2.47 bits per heavy atom. The molecule has 0 aromatic heterocycles. The normalized spacial score (nSPS) is 42.3. The highest BCUT2D eigenvalue weighted by Crippen LogP contribution is 2.39. The predicted molar refractivity (Wildman–Crippen MR) is 80.1 cm³/mol. The molecule has 5 atom stereocenters. The molecule has 1 aliphatic carbocycles. The van der Waals surface area contributed by atoms with Crippen LogP contribution in [0.5, 0.6) is 0 Å². The molecule has 0 bridgehead atoms. The summed E-state index contributed by atoms with van der Waals surface area (Å²) in [5.41, 5.74) is 6.84. The van der Waals surface area contributed by atoms with Gasteiger partial charge in [0.2, 0.25) is 0 Å². The van der Waals surface area contributed by atoms with Crippen molar-refractivity contribution in [1.82, 2.24) is 4.90 Å². The number of nitrogens with two attached hydrogens (primary N) is 1. The van der Waals surface area contributed by atoms with Gasteiger partial charge in [0.15, 0.2) is 0 Å². The van der Waals surface area contributed by atoms with Crippen molar-refractivity contribution in [2.24, 2.45) is 17.1 Å². The third kappa shape index (κ3) is 3.50. The summed E-state index contributed by atoms with van der Waals surface area (Å²) in [6.45, 7) is 13.5. The fourth-order valence-electron chi connectivity index (χ4n) is 3.73. The van der Waals surface area contributed by atoms with Crippen molar-refractivity contribution in [1.29, 1.82) is 0 Å². The molecule has 0 radical (unpaired) electrons. The van der Waals surface area contributed by atoms with Gasteiger partial charge in [-0.1, -0.05) is 20.8 Å². The van der Waals surface area contributed by atoms with E-state index < -0.39 is 0 Å². The number of nitrogens with zero attached hydrogens (tertiary/aromatic N) is 1. The van der Waals surface area contributed by atoms with Crippen LogP contribution in [-0.4, -0.2) is 42.3 Å². The average molecular weight is 268 g/mol. The van der Waals surface area contributed by atoms with Gasteiger partial charge in [-0.3, -0.25) is 4.90 Å². The Bertz CT molecular complexity index is 300. The van der Waals surface area contributed by atoms with Crippen molar-refractivity contribution in [3.63, 3.8) is 0 Å². The quantitative estimate of drug-likeness (QED) is 0.794. The molecule has 1 aliphatic heterocycles. The lowest BCUT2D eigenvalue weighted by molar-refractivity contribution is -0.0812. The Hall–Kier alpha value is -0.120. The van der Waals surface area contributed by atoms with Crippen LogP contribution in [0, 0.1) is 11.3 Å². The molecule has 0 aromatic rings. The minimum Gasteiger partial charge on any atom is -0.376 e. The predicted octanol–water partition coefficient (Wildman–Crippen LogP) is 2.64. The second-order valence-corrected chi connectivity index (χ2v) is 7.80. The first-order chi connectivity index (χ1) is 8.79. The van der Waals surface area contributed by atoms with E-state index in [1.54, 1.807) is 0 Å². The first-order valence-corrected chi connectivity index (χ1v) is 7.92. The van der Waals surface area contributed by atoms with Gasteiger partial charge in [0.1, 0.15) is 0 Å². The molecule has 0 amide bonds. The second kappa shape index (κ2) is 5.71. The topological polar surface area (TPSA) is 38.5 Å². The minimum atomic E-state index is 0.339. The molecule has 19 heavy (non-hydrogen) atoms. The summed E-state index contributed by atoms with van der Waals surface area (Å²) in [6, 6.07) is 1.39. The Balaban J connectivity index is 2.07. The molecule has 5 unspecified atom stereocenters. The molecule has 112 valence electrons. The van der Waals surface area contributed by atoms with Crippen LogP contribution in [0.1, 0.15) is 53.9 Å². The molecule has 2 aliphatic rings. The van der Waals surface area contributed by atoms with Crippen molar-refractivity contribution in [2.75, 3.05) is 13.2 Å². The summed E-state index contributed by atoms with van der Waals surface area (Å²) in [5.74, 6) is 0.794. The largest absolute Gasteiger partial charge is 0.376 e. The van der Waals surface area contributed by atoms with E-state index >= 15 is 0 Å². The zero-order chi connectivity index (χ0) is 14.2. The van der Waals surface area contributed by atoms with E-state index in [2.05, 4.69) is 39.5 Å². The highest BCUT2D eigenvalue weighted by molar-refractivity contribution is 4.95. The zero-order valence-corrected chi connectivity index (χ0v) is 13.4. The fraction of sp³-hybridized carbons (Fsp3) is 1.00. The molecule has 0 aromatic carbocycles. The van der Waals surface area contributed by atoms with Crippen LogP contribution in [0.25, 0.3) is 0 Å². The van der Waals surface area contributed by atoms with E-state index in [1.165, 1.54) is 19.3 Å². The van der Waals surface area contributed by atoms with Gasteiger partial charge in [-0.25, -0.2) is 0 Å². The highest BCUT2D eigenvalue weighted by atomic mass is 16.5. The maximum atomic E-state index is 6.44. The Labute approximate surface area is 118 Å². The summed E-state index contributed by atoms with van der Waals surface area (Å²) in [6.07, 6.45) is 4.06. The van der Waals surface area contributed by atoms with Crippen LogP contribution in [-0.2, 0) is 4.74 Å². The lowest BCUT2D eigenvalue weighted by atomic mass is 9.69. The second-order valence-electron chi connectivity index (χ2n) is 7.80. The van der Waals surface area contributed by atoms with E-state index in [-0.39, 0.29) is 0 Å². The molecule has 2 fully saturated rings. The maximum Gasteiger partial charge on any atom is 0.0674 e. The summed E-state index contributed by atoms with van der Waals surface area (Å²) in [5, 5.41) is 0. The Morgan fingerprint density at radius 2 is 1.84 bits per heavy atom. The smallest absolute Gasteiger partial charge is 0.0674 e. The van der Waals surface area contributed by atoms with Crippen molar-refractivity contribution in [3.05, 3.63) is 0 Å². The minimum absolute atomic E-state index is 0.339. The molecule has 3 nitrogen and oxygen atoms in total. The summed E-state index contributed by atoms with van der Waals surface area (Å²) in [7, 11) is 0. The van der Waals surface area contributed by atoms with Gasteiger partial charge in [0.25, 0.3) is 0 Å². The standard InChI is InChI=1S/C16H32N2O/c1-11-10-19-12(2)9-18(11)15-8-13(16(3,4)5)6-7-14(15)17/h11-15H,6-10,17H2,1-5H3. The summed E-state index contributed by atoms with van der Waals surface area (Å²) < 4.78 is 5.76. The first kappa shape index (κ1) is 15.3. The van der Waals surface area contributed by atoms with E-state index in [0.717, 1.165) is 19.1 Å². The van der Waals surface area contributed by atoms with Gasteiger partial charge < -0.3 is 10.5 Å². The van der Waals surface area contributed by atoms with Crippen LogP contribution in [0.3, 0.4) is 0 Å². The van der Waals surface area contributed by atoms with Crippen molar-refractivity contribution in [3.8, 4) is 0 Å². The van der Waals surface area contributed by atoms with E-state index in [9.17, 15) is 0 Å². The Kier molecular flexibility index (Phi) is 4.59. The lowest BCUT2D eigenvalue weighted by Crippen LogP contribution is -2.59. The maximum absolute atomic E-state index is 6.44. The summed E-state index contributed by atoms with van der Waals surface area (Å²) in [4.78, 5) is 2.62. The van der Waals surface area contributed by atoms with Crippen LogP contribution in [0.2, 0.25) is 0 Å². The van der Waals surface area contributed by atoms with E-state index in [1.807, 2.05) is 0 Å². The molecule has 1 saturated heterocycles.